The van der Waals surface area contributed by atoms with Gasteiger partial charge in [0.25, 0.3) is 5.91 Å². The van der Waals surface area contributed by atoms with Gasteiger partial charge in [0.2, 0.25) is 5.91 Å². The van der Waals surface area contributed by atoms with Crippen molar-refractivity contribution in [3.63, 3.8) is 0 Å². The predicted octanol–water partition coefficient (Wildman–Crippen LogP) is 3.44. The Morgan fingerprint density at radius 3 is 2.55 bits per heavy atom. The topological polar surface area (TPSA) is 88.9 Å². The van der Waals surface area contributed by atoms with Crippen LogP contribution in [0, 0.1) is 6.92 Å². The Kier molecular flexibility index (Phi) is 6.90. The molecule has 0 aliphatic rings. The first-order valence-corrected chi connectivity index (χ1v) is 10.2. The summed E-state index contributed by atoms with van der Waals surface area (Å²) in [6, 6.07) is 14.3. The number of anilines is 1. The molecule has 29 heavy (non-hydrogen) atoms. The zero-order valence-corrected chi connectivity index (χ0v) is 17.5. The molecule has 7 nitrogen and oxygen atoms in total. The summed E-state index contributed by atoms with van der Waals surface area (Å²) in [7, 11) is 1.80. The lowest BCUT2D eigenvalue weighted by atomic mass is 10.1. The van der Waals surface area contributed by atoms with Gasteiger partial charge in [-0.1, -0.05) is 41.6 Å². The number of nitrogens with one attached hydrogen (secondary N) is 2. The zero-order valence-electron chi connectivity index (χ0n) is 16.0. The first-order chi connectivity index (χ1) is 13.9. The summed E-state index contributed by atoms with van der Waals surface area (Å²) in [6.45, 7) is 2.13. The van der Waals surface area contributed by atoms with Gasteiger partial charge in [0.15, 0.2) is 11.0 Å². The van der Waals surface area contributed by atoms with Gasteiger partial charge < -0.3 is 15.2 Å². The Morgan fingerprint density at radius 2 is 1.83 bits per heavy atom. The van der Waals surface area contributed by atoms with Crippen LogP contribution in [0.5, 0.6) is 0 Å². The minimum absolute atomic E-state index is 0.158. The quantitative estimate of drug-likeness (QED) is 0.561. The van der Waals surface area contributed by atoms with Gasteiger partial charge in [-0.2, -0.15) is 0 Å². The Bertz CT molecular complexity index is 1020. The summed E-state index contributed by atoms with van der Waals surface area (Å²) >= 11 is 7.11. The monoisotopic (exact) mass is 429 g/mol. The van der Waals surface area contributed by atoms with Crippen molar-refractivity contribution in [2.75, 3.05) is 11.1 Å². The number of nitrogens with zero attached hydrogens (tertiary/aromatic N) is 3. The lowest BCUT2D eigenvalue weighted by Gasteiger charge is -2.08. The standard InChI is InChI=1S/C20H20ClN5O2S/c1-13-5-3-4-6-16(13)19(28)22-11-17-24-25-20(26(17)2)29-12-18(27)23-15-9-7-14(21)8-10-15/h3-10H,11-12H2,1-2H3,(H,22,28)(H,23,27). The second-order valence-electron chi connectivity index (χ2n) is 6.30. The molecule has 0 radical (unpaired) electrons. The van der Waals surface area contributed by atoms with Crippen molar-refractivity contribution in [1.29, 1.82) is 0 Å². The number of rotatable bonds is 7. The minimum Gasteiger partial charge on any atom is -0.345 e. The van der Waals surface area contributed by atoms with E-state index in [2.05, 4.69) is 20.8 Å². The van der Waals surface area contributed by atoms with E-state index in [1.165, 1.54) is 11.8 Å². The number of aryl methyl sites for hydroxylation is 1. The van der Waals surface area contributed by atoms with Crippen molar-refractivity contribution in [3.8, 4) is 0 Å². The molecule has 3 rings (SSSR count). The van der Waals surface area contributed by atoms with E-state index in [1.54, 1.807) is 41.9 Å². The average Bonchev–Trinajstić information content (AvgIpc) is 3.06. The molecular formula is C20H20ClN5O2S. The van der Waals surface area contributed by atoms with Crippen LogP contribution in [0.1, 0.15) is 21.7 Å². The van der Waals surface area contributed by atoms with Gasteiger partial charge >= 0.3 is 0 Å². The van der Waals surface area contributed by atoms with E-state index < -0.39 is 0 Å². The number of carbonyl (C=O) groups excluding carboxylic acids is 2. The molecule has 9 heteroatoms. The maximum absolute atomic E-state index is 12.3. The Balaban J connectivity index is 1.52. The van der Waals surface area contributed by atoms with Crippen molar-refractivity contribution in [3.05, 3.63) is 70.5 Å². The van der Waals surface area contributed by atoms with Crippen LogP contribution in [0.3, 0.4) is 0 Å². The van der Waals surface area contributed by atoms with E-state index >= 15 is 0 Å². The van der Waals surface area contributed by atoms with Crippen LogP contribution in [-0.4, -0.2) is 32.3 Å². The number of hydrogen-bond donors (Lipinski definition) is 2. The maximum atomic E-state index is 12.3. The molecule has 0 unspecified atom stereocenters. The fraction of sp³-hybridized carbons (Fsp3) is 0.200. The summed E-state index contributed by atoms with van der Waals surface area (Å²) in [4.78, 5) is 24.4. The molecule has 2 amide bonds. The SMILES string of the molecule is Cc1ccccc1C(=O)NCc1nnc(SCC(=O)Nc2ccc(Cl)cc2)n1C. The molecule has 0 spiro atoms. The first kappa shape index (κ1) is 20.9. The minimum atomic E-state index is -0.164. The molecule has 0 bridgehead atoms. The van der Waals surface area contributed by atoms with Crippen molar-refractivity contribution < 1.29 is 9.59 Å². The number of halogens is 1. The smallest absolute Gasteiger partial charge is 0.251 e. The molecule has 2 aromatic carbocycles. The van der Waals surface area contributed by atoms with Gasteiger partial charge in [0.1, 0.15) is 0 Å². The zero-order chi connectivity index (χ0) is 20.8. The summed E-state index contributed by atoms with van der Waals surface area (Å²) in [5.41, 5.74) is 2.21. The predicted molar refractivity (Wildman–Crippen MR) is 114 cm³/mol. The van der Waals surface area contributed by atoms with Crippen LogP contribution in [0.2, 0.25) is 5.02 Å². The molecule has 2 N–H and O–H groups in total. The van der Waals surface area contributed by atoms with E-state index in [0.29, 0.717) is 27.3 Å². The van der Waals surface area contributed by atoms with Crippen molar-refractivity contribution in [2.45, 2.75) is 18.6 Å². The van der Waals surface area contributed by atoms with Crippen molar-refractivity contribution in [1.82, 2.24) is 20.1 Å². The highest BCUT2D eigenvalue weighted by Gasteiger charge is 2.14. The highest BCUT2D eigenvalue weighted by atomic mass is 35.5. The largest absolute Gasteiger partial charge is 0.345 e. The molecule has 0 saturated heterocycles. The molecule has 0 saturated carbocycles. The maximum Gasteiger partial charge on any atom is 0.251 e. The van der Waals surface area contributed by atoms with Gasteiger partial charge in [-0.15, -0.1) is 10.2 Å². The second-order valence-corrected chi connectivity index (χ2v) is 7.68. The first-order valence-electron chi connectivity index (χ1n) is 8.84. The fourth-order valence-corrected chi connectivity index (χ4v) is 3.42. The van der Waals surface area contributed by atoms with Crippen LogP contribution in [-0.2, 0) is 18.4 Å². The van der Waals surface area contributed by atoms with Gasteiger partial charge in [-0.05, 0) is 42.8 Å². The van der Waals surface area contributed by atoms with Crippen LogP contribution < -0.4 is 10.6 Å². The lowest BCUT2D eigenvalue weighted by molar-refractivity contribution is -0.113. The third-order valence-electron chi connectivity index (χ3n) is 4.18. The normalized spacial score (nSPS) is 10.6. The van der Waals surface area contributed by atoms with Crippen LogP contribution in [0.25, 0.3) is 0 Å². The molecule has 150 valence electrons. The highest BCUT2D eigenvalue weighted by molar-refractivity contribution is 7.99. The third-order valence-corrected chi connectivity index (χ3v) is 5.45. The molecule has 1 heterocycles. The van der Waals surface area contributed by atoms with Crippen LogP contribution in [0.4, 0.5) is 5.69 Å². The van der Waals surface area contributed by atoms with Crippen molar-refractivity contribution >= 4 is 40.9 Å². The number of thioether (sulfide) groups is 1. The summed E-state index contributed by atoms with van der Waals surface area (Å²) in [5.74, 6) is 0.467. The van der Waals surface area contributed by atoms with Crippen LogP contribution in [0.15, 0.2) is 53.7 Å². The van der Waals surface area contributed by atoms with E-state index in [1.807, 2.05) is 25.1 Å². The number of carbonyl (C=O) groups is 2. The number of hydrogen-bond acceptors (Lipinski definition) is 5. The third kappa shape index (κ3) is 5.58. The Labute approximate surface area is 177 Å². The summed E-state index contributed by atoms with van der Waals surface area (Å²) in [5, 5.41) is 15.1. The fourth-order valence-electron chi connectivity index (χ4n) is 2.57. The van der Waals surface area contributed by atoms with Crippen LogP contribution >= 0.6 is 23.4 Å². The molecule has 1 aromatic heterocycles. The van der Waals surface area contributed by atoms with Crippen molar-refractivity contribution in [2.24, 2.45) is 7.05 Å². The van der Waals surface area contributed by atoms with E-state index in [9.17, 15) is 9.59 Å². The number of benzene rings is 2. The molecule has 3 aromatic rings. The Hall–Kier alpha value is -2.84. The molecule has 0 aliphatic carbocycles. The number of aromatic nitrogens is 3. The van der Waals surface area contributed by atoms with Gasteiger partial charge in [0.05, 0.1) is 12.3 Å². The average molecular weight is 430 g/mol. The number of amides is 2. The highest BCUT2D eigenvalue weighted by Crippen LogP contribution is 2.18. The lowest BCUT2D eigenvalue weighted by Crippen LogP contribution is -2.25. The van der Waals surface area contributed by atoms with Gasteiger partial charge in [0, 0.05) is 23.3 Å². The second kappa shape index (κ2) is 9.58. The van der Waals surface area contributed by atoms with Gasteiger partial charge in [-0.25, -0.2) is 0 Å². The van der Waals surface area contributed by atoms with E-state index in [4.69, 9.17) is 11.6 Å². The molecule has 0 aliphatic heterocycles. The molecular weight excluding hydrogens is 410 g/mol. The van der Waals surface area contributed by atoms with E-state index in [0.717, 1.165) is 5.56 Å². The molecule has 0 fully saturated rings. The van der Waals surface area contributed by atoms with Gasteiger partial charge in [-0.3, -0.25) is 9.59 Å². The Morgan fingerprint density at radius 1 is 1.10 bits per heavy atom. The van der Waals surface area contributed by atoms with E-state index in [-0.39, 0.29) is 24.1 Å². The molecule has 0 atom stereocenters. The summed E-state index contributed by atoms with van der Waals surface area (Å²) < 4.78 is 1.76. The summed E-state index contributed by atoms with van der Waals surface area (Å²) in [6.07, 6.45) is 0.